The third kappa shape index (κ3) is 4.34. The van der Waals surface area contributed by atoms with E-state index in [9.17, 15) is 0 Å². The van der Waals surface area contributed by atoms with E-state index >= 15 is 0 Å². The average Bonchev–Trinajstić information content (AvgIpc) is 1.88. The Morgan fingerprint density at radius 1 is 1.67 bits per heavy atom. The molecule has 0 nitrogen and oxygen atoms in total. The van der Waals surface area contributed by atoms with E-state index in [1.54, 1.807) is 11.8 Å². The van der Waals surface area contributed by atoms with Gasteiger partial charge in [0.2, 0.25) is 0 Å². The van der Waals surface area contributed by atoms with E-state index in [0.29, 0.717) is 0 Å². The molecule has 0 rings (SSSR count). The lowest BCUT2D eigenvalue weighted by Gasteiger charge is -1.97. The van der Waals surface area contributed by atoms with Gasteiger partial charge >= 0.3 is 0 Å². The van der Waals surface area contributed by atoms with Crippen LogP contribution in [0.5, 0.6) is 0 Å². The van der Waals surface area contributed by atoms with Crippen LogP contribution < -0.4 is 0 Å². The maximum atomic E-state index is 3.65. The van der Waals surface area contributed by atoms with Gasteiger partial charge in [0.15, 0.2) is 0 Å². The Hall–Kier alpha value is -0.170. The molecule has 0 aromatic heterocycles. The highest BCUT2D eigenvalue weighted by Crippen LogP contribution is 2.20. The fourth-order valence-electron chi connectivity index (χ4n) is 0.625. The third-order valence-corrected chi connectivity index (χ3v) is 1.96. The van der Waals surface area contributed by atoms with Crippen LogP contribution in [0.2, 0.25) is 0 Å². The topological polar surface area (TPSA) is 0 Å². The molecule has 0 aliphatic heterocycles. The van der Waals surface area contributed by atoms with Gasteiger partial charge in [-0.15, -0.1) is 11.8 Å². The Morgan fingerprint density at radius 2 is 2.33 bits per heavy atom. The molecule has 0 saturated heterocycles. The lowest BCUT2D eigenvalue weighted by Crippen LogP contribution is -1.71. The number of hydrogen-bond acceptors (Lipinski definition) is 1. The summed E-state index contributed by atoms with van der Waals surface area (Å²) in [5, 5.41) is 1.88. The smallest absolute Gasteiger partial charge is 0.0151 e. The molecule has 0 N–H and O–H groups in total. The van der Waals surface area contributed by atoms with Gasteiger partial charge in [-0.1, -0.05) is 26.0 Å². The fourth-order valence-corrected chi connectivity index (χ4v) is 1.30. The van der Waals surface area contributed by atoms with Crippen molar-refractivity contribution in [3.8, 4) is 0 Å². The van der Waals surface area contributed by atoms with Crippen molar-refractivity contribution in [2.45, 2.75) is 26.7 Å². The minimum Gasteiger partial charge on any atom is -0.103 e. The summed E-state index contributed by atoms with van der Waals surface area (Å²) in [6.45, 7) is 7.91. The van der Waals surface area contributed by atoms with Gasteiger partial charge in [0.25, 0.3) is 0 Å². The van der Waals surface area contributed by atoms with E-state index in [0.717, 1.165) is 0 Å². The maximum absolute atomic E-state index is 3.65. The lowest BCUT2D eigenvalue weighted by molar-refractivity contribution is 0.946. The molecular weight excluding hydrogens is 128 g/mol. The van der Waals surface area contributed by atoms with Crippen LogP contribution in [-0.4, -0.2) is 0 Å². The molecule has 0 fully saturated rings. The van der Waals surface area contributed by atoms with Gasteiger partial charge in [-0.3, -0.25) is 0 Å². The third-order valence-electron chi connectivity index (χ3n) is 1.05. The van der Waals surface area contributed by atoms with E-state index in [1.165, 1.54) is 17.7 Å². The average molecular weight is 142 g/mol. The van der Waals surface area contributed by atoms with Gasteiger partial charge in [-0.25, -0.2) is 0 Å². The van der Waals surface area contributed by atoms with Crippen molar-refractivity contribution in [1.82, 2.24) is 0 Å². The second-order valence-electron chi connectivity index (χ2n) is 1.79. The molecule has 0 amide bonds. The molecule has 0 unspecified atom stereocenters. The number of allylic oxidation sites excluding steroid dienone is 2. The van der Waals surface area contributed by atoms with Crippen LogP contribution in [0.1, 0.15) is 26.7 Å². The summed E-state index contributed by atoms with van der Waals surface area (Å²) in [6, 6.07) is 0. The predicted molar refractivity (Wildman–Crippen MR) is 46.5 cm³/mol. The Morgan fingerprint density at radius 3 is 2.67 bits per heavy atom. The van der Waals surface area contributed by atoms with E-state index in [1.807, 2.05) is 5.41 Å². The first-order chi connectivity index (χ1) is 4.35. The zero-order valence-electron chi connectivity index (χ0n) is 6.18. The lowest BCUT2D eigenvalue weighted by atomic mass is 10.3. The standard InChI is InChI=1S/C8H14S/c1-4-7-8(5-2)9-6-3/h5-6H,3-4,7H2,1-2H3/b8-5-. The Kier molecular flexibility index (Phi) is 5.85. The van der Waals surface area contributed by atoms with Crippen LogP contribution in [0.25, 0.3) is 0 Å². The second-order valence-corrected chi connectivity index (χ2v) is 2.88. The minimum absolute atomic E-state index is 1.19. The molecule has 52 valence electrons. The largest absolute Gasteiger partial charge is 0.103 e. The van der Waals surface area contributed by atoms with Crippen molar-refractivity contribution < 1.29 is 0 Å². The second kappa shape index (κ2) is 5.96. The summed E-state index contributed by atoms with van der Waals surface area (Å²) in [7, 11) is 0. The van der Waals surface area contributed by atoms with E-state index in [4.69, 9.17) is 0 Å². The molecule has 0 aliphatic carbocycles. The molecule has 0 aliphatic rings. The van der Waals surface area contributed by atoms with Crippen molar-refractivity contribution >= 4 is 11.8 Å². The summed E-state index contributed by atoms with van der Waals surface area (Å²) >= 11 is 1.73. The molecule has 1 heteroatoms. The first-order valence-electron chi connectivity index (χ1n) is 3.27. The highest BCUT2D eigenvalue weighted by molar-refractivity contribution is 8.05. The molecule has 0 spiro atoms. The maximum Gasteiger partial charge on any atom is -0.0151 e. The van der Waals surface area contributed by atoms with Crippen LogP contribution in [0.4, 0.5) is 0 Å². The predicted octanol–water partition coefficient (Wildman–Crippen LogP) is 3.57. The van der Waals surface area contributed by atoms with Crippen LogP contribution in [0.15, 0.2) is 23.0 Å². The van der Waals surface area contributed by atoms with Gasteiger partial charge in [-0.2, -0.15) is 0 Å². The number of thioether (sulfide) groups is 1. The molecule has 0 saturated carbocycles. The first kappa shape index (κ1) is 8.83. The number of hydrogen-bond donors (Lipinski definition) is 0. The highest BCUT2D eigenvalue weighted by atomic mass is 32.2. The Balaban J connectivity index is 3.55. The highest BCUT2D eigenvalue weighted by Gasteiger charge is 1.89. The summed E-state index contributed by atoms with van der Waals surface area (Å²) in [6.07, 6.45) is 4.56. The molecule has 0 bridgehead atoms. The van der Waals surface area contributed by atoms with Crippen molar-refractivity contribution in [3.63, 3.8) is 0 Å². The number of rotatable bonds is 4. The molecule has 0 aromatic rings. The van der Waals surface area contributed by atoms with Crippen LogP contribution >= 0.6 is 11.8 Å². The summed E-state index contributed by atoms with van der Waals surface area (Å²) in [5.74, 6) is 0. The first-order valence-corrected chi connectivity index (χ1v) is 4.15. The molecular formula is C8H14S. The monoisotopic (exact) mass is 142 g/mol. The molecule has 0 heterocycles. The van der Waals surface area contributed by atoms with Crippen molar-refractivity contribution in [3.05, 3.63) is 23.0 Å². The Labute approximate surface area is 62.0 Å². The molecule has 0 aromatic carbocycles. The van der Waals surface area contributed by atoms with Crippen molar-refractivity contribution in [2.24, 2.45) is 0 Å². The molecule has 9 heavy (non-hydrogen) atoms. The van der Waals surface area contributed by atoms with Crippen molar-refractivity contribution in [2.75, 3.05) is 0 Å². The van der Waals surface area contributed by atoms with Crippen molar-refractivity contribution in [1.29, 1.82) is 0 Å². The van der Waals surface area contributed by atoms with E-state index in [-0.39, 0.29) is 0 Å². The minimum atomic E-state index is 1.19. The summed E-state index contributed by atoms with van der Waals surface area (Å²) in [5.41, 5.74) is 0. The zero-order chi connectivity index (χ0) is 7.11. The van der Waals surface area contributed by atoms with Gasteiger partial charge < -0.3 is 0 Å². The van der Waals surface area contributed by atoms with Crippen LogP contribution in [0.3, 0.4) is 0 Å². The van der Waals surface area contributed by atoms with E-state index in [2.05, 4.69) is 26.5 Å². The van der Waals surface area contributed by atoms with Gasteiger partial charge in [-0.05, 0) is 23.7 Å². The Bertz CT molecular complexity index is 103. The quantitative estimate of drug-likeness (QED) is 0.578. The fraction of sp³-hybridized carbons (Fsp3) is 0.500. The summed E-state index contributed by atoms with van der Waals surface area (Å²) < 4.78 is 0. The summed E-state index contributed by atoms with van der Waals surface area (Å²) in [4.78, 5) is 1.42. The van der Waals surface area contributed by atoms with Crippen LogP contribution in [-0.2, 0) is 0 Å². The van der Waals surface area contributed by atoms with Gasteiger partial charge in [0.05, 0.1) is 0 Å². The molecule has 0 radical (unpaired) electrons. The van der Waals surface area contributed by atoms with Gasteiger partial charge in [0, 0.05) is 0 Å². The normalized spacial score (nSPS) is 11.6. The zero-order valence-corrected chi connectivity index (χ0v) is 7.00. The van der Waals surface area contributed by atoms with Gasteiger partial charge in [0.1, 0.15) is 0 Å². The van der Waals surface area contributed by atoms with Crippen LogP contribution in [0, 0.1) is 0 Å². The SMILES string of the molecule is C=CS/C(=C\C)CCC. The molecule has 0 atom stereocenters. The van der Waals surface area contributed by atoms with E-state index < -0.39 is 0 Å².